The maximum absolute atomic E-state index is 13.1. The summed E-state index contributed by atoms with van der Waals surface area (Å²) in [7, 11) is 3.04. The number of benzene rings is 2. The molecule has 0 saturated carbocycles. The van der Waals surface area contributed by atoms with Gasteiger partial charge in [-0.1, -0.05) is 12.1 Å². The number of alkyl halides is 3. The molecule has 4 rings (SSSR count). The second-order valence-electron chi connectivity index (χ2n) is 8.08. The third kappa shape index (κ3) is 4.44. The lowest BCUT2D eigenvalue weighted by Gasteiger charge is -2.35. The SMILES string of the molecule is COc1ccc(C(=O)N2CCC3(CC2)N=C(C)C(c2cccc(C(F)(F)F)c2)=N3)cc1OC. The van der Waals surface area contributed by atoms with Gasteiger partial charge in [0, 0.05) is 37.1 Å². The van der Waals surface area contributed by atoms with E-state index >= 15 is 0 Å². The molecule has 1 spiro atoms. The van der Waals surface area contributed by atoms with E-state index in [0.717, 1.165) is 12.1 Å². The molecular formula is C24H24F3N3O3. The number of carbonyl (C=O) groups is 1. The quantitative estimate of drug-likeness (QED) is 0.670. The number of halogens is 3. The van der Waals surface area contributed by atoms with Crippen LogP contribution in [-0.4, -0.2) is 55.2 Å². The number of aliphatic imine (C=N–C) groups is 2. The van der Waals surface area contributed by atoms with Crippen molar-refractivity contribution in [2.45, 2.75) is 31.6 Å². The predicted molar refractivity (Wildman–Crippen MR) is 119 cm³/mol. The highest BCUT2D eigenvalue weighted by atomic mass is 19.4. The fraction of sp³-hybridized carbons (Fsp3) is 0.375. The summed E-state index contributed by atoms with van der Waals surface area (Å²) >= 11 is 0. The Bertz CT molecular complexity index is 1130. The number of rotatable bonds is 4. The first-order valence-electron chi connectivity index (χ1n) is 10.5. The van der Waals surface area contributed by atoms with Crippen LogP contribution in [0, 0.1) is 0 Å². The van der Waals surface area contributed by atoms with Gasteiger partial charge in [-0.15, -0.1) is 0 Å². The van der Waals surface area contributed by atoms with Gasteiger partial charge in [-0.2, -0.15) is 13.2 Å². The molecule has 2 aliphatic rings. The van der Waals surface area contributed by atoms with Crippen molar-refractivity contribution in [3.8, 4) is 11.5 Å². The van der Waals surface area contributed by atoms with Crippen LogP contribution in [0.3, 0.4) is 0 Å². The lowest BCUT2D eigenvalue weighted by Crippen LogP contribution is -2.44. The molecule has 0 aliphatic carbocycles. The van der Waals surface area contributed by atoms with Gasteiger partial charge in [-0.05, 0) is 37.3 Å². The lowest BCUT2D eigenvalue weighted by atomic mass is 9.97. The lowest BCUT2D eigenvalue weighted by molar-refractivity contribution is -0.137. The Morgan fingerprint density at radius 1 is 1.00 bits per heavy atom. The molecule has 0 N–H and O–H groups in total. The Hall–Kier alpha value is -3.36. The predicted octanol–water partition coefficient (Wildman–Crippen LogP) is 4.62. The smallest absolute Gasteiger partial charge is 0.416 e. The van der Waals surface area contributed by atoms with E-state index in [9.17, 15) is 18.0 Å². The first-order valence-corrected chi connectivity index (χ1v) is 10.5. The van der Waals surface area contributed by atoms with Crippen LogP contribution in [0.15, 0.2) is 52.4 Å². The molecule has 2 heterocycles. The Morgan fingerprint density at radius 2 is 1.70 bits per heavy atom. The Labute approximate surface area is 189 Å². The molecule has 174 valence electrons. The van der Waals surface area contributed by atoms with Gasteiger partial charge >= 0.3 is 6.18 Å². The fourth-order valence-corrected chi connectivity index (χ4v) is 4.24. The summed E-state index contributed by atoms with van der Waals surface area (Å²) < 4.78 is 49.9. The third-order valence-corrected chi connectivity index (χ3v) is 5.98. The topological polar surface area (TPSA) is 63.5 Å². The summed E-state index contributed by atoms with van der Waals surface area (Å²) in [5, 5.41) is 0. The third-order valence-electron chi connectivity index (χ3n) is 5.98. The van der Waals surface area contributed by atoms with Gasteiger partial charge in [-0.3, -0.25) is 14.8 Å². The molecule has 2 aliphatic heterocycles. The summed E-state index contributed by atoms with van der Waals surface area (Å²) in [5.74, 6) is 0.883. The van der Waals surface area contributed by atoms with Crippen molar-refractivity contribution >= 4 is 17.3 Å². The number of hydrogen-bond acceptors (Lipinski definition) is 5. The van der Waals surface area contributed by atoms with Crippen molar-refractivity contribution in [3.63, 3.8) is 0 Å². The number of ether oxygens (including phenoxy) is 2. The number of hydrogen-bond donors (Lipinski definition) is 0. The normalized spacial score (nSPS) is 17.6. The molecule has 0 atom stereocenters. The number of methoxy groups -OCH3 is 2. The highest BCUT2D eigenvalue weighted by Gasteiger charge is 2.40. The second kappa shape index (κ2) is 8.53. The van der Waals surface area contributed by atoms with Crippen LogP contribution in [0.5, 0.6) is 11.5 Å². The van der Waals surface area contributed by atoms with E-state index in [-0.39, 0.29) is 5.91 Å². The van der Waals surface area contributed by atoms with Crippen molar-refractivity contribution in [2.75, 3.05) is 27.3 Å². The summed E-state index contributed by atoms with van der Waals surface area (Å²) in [6.07, 6.45) is -3.44. The van der Waals surface area contributed by atoms with E-state index in [0.29, 0.717) is 60.0 Å². The molecular weight excluding hydrogens is 435 g/mol. The molecule has 33 heavy (non-hydrogen) atoms. The average molecular weight is 459 g/mol. The molecule has 9 heteroatoms. The van der Waals surface area contributed by atoms with Crippen LogP contribution in [0.4, 0.5) is 13.2 Å². The zero-order valence-corrected chi connectivity index (χ0v) is 18.6. The maximum Gasteiger partial charge on any atom is 0.416 e. The van der Waals surface area contributed by atoms with E-state index in [4.69, 9.17) is 19.5 Å². The highest BCUT2D eigenvalue weighted by molar-refractivity contribution is 6.48. The van der Waals surface area contributed by atoms with E-state index in [1.54, 1.807) is 36.1 Å². The second-order valence-corrected chi connectivity index (χ2v) is 8.08. The van der Waals surface area contributed by atoms with E-state index in [1.165, 1.54) is 20.3 Å². The number of piperidine rings is 1. The van der Waals surface area contributed by atoms with Crippen LogP contribution in [0.25, 0.3) is 0 Å². The van der Waals surface area contributed by atoms with E-state index < -0.39 is 17.4 Å². The van der Waals surface area contributed by atoms with Crippen molar-refractivity contribution in [2.24, 2.45) is 9.98 Å². The minimum atomic E-state index is -4.42. The minimum absolute atomic E-state index is 0.133. The van der Waals surface area contributed by atoms with Gasteiger partial charge in [0.1, 0.15) is 0 Å². The van der Waals surface area contributed by atoms with E-state index in [2.05, 4.69) is 0 Å². The number of carbonyl (C=O) groups excluding carboxylic acids is 1. The van der Waals surface area contributed by atoms with Crippen molar-refractivity contribution in [3.05, 3.63) is 59.2 Å². The van der Waals surface area contributed by atoms with Gasteiger partial charge in [0.25, 0.3) is 5.91 Å². The molecule has 1 amide bonds. The van der Waals surface area contributed by atoms with Gasteiger partial charge in [0.15, 0.2) is 17.2 Å². The van der Waals surface area contributed by atoms with Crippen molar-refractivity contribution in [1.82, 2.24) is 4.90 Å². The zero-order chi connectivity index (χ0) is 23.8. The average Bonchev–Trinajstić information content (AvgIpc) is 3.13. The molecule has 0 unspecified atom stereocenters. The standard InChI is InChI=1S/C24H24F3N3O3/c1-15-21(16-5-4-6-18(13-16)24(25,26)27)29-23(28-15)9-11-30(12-10-23)22(31)17-7-8-19(32-2)20(14-17)33-3/h4-8,13-14H,9-12H2,1-3H3. The largest absolute Gasteiger partial charge is 0.493 e. The summed E-state index contributed by atoms with van der Waals surface area (Å²) in [6, 6.07) is 10.2. The fourth-order valence-electron chi connectivity index (χ4n) is 4.24. The minimum Gasteiger partial charge on any atom is -0.493 e. The number of nitrogens with zero attached hydrogens (tertiary/aromatic N) is 3. The van der Waals surface area contributed by atoms with Crippen LogP contribution < -0.4 is 9.47 Å². The van der Waals surface area contributed by atoms with Crippen LogP contribution in [0.2, 0.25) is 0 Å². The van der Waals surface area contributed by atoms with Crippen LogP contribution >= 0.6 is 0 Å². The monoisotopic (exact) mass is 459 g/mol. The molecule has 1 fully saturated rings. The Kier molecular flexibility index (Phi) is 5.90. The molecule has 0 radical (unpaired) electrons. The first-order chi connectivity index (χ1) is 15.7. The molecule has 6 nitrogen and oxygen atoms in total. The van der Waals surface area contributed by atoms with Crippen LogP contribution in [0.1, 0.15) is 41.3 Å². The molecule has 0 aromatic heterocycles. The Balaban J connectivity index is 1.50. The van der Waals surface area contributed by atoms with Gasteiger partial charge in [-0.25, -0.2) is 0 Å². The van der Waals surface area contributed by atoms with Crippen molar-refractivity contribution in [1.29, 1.82) is 0 Å². The number of likely N-dealkylation sites (tertiary alicyclic amines) is 1. The summed E-state index contributed by atoms with van der Waals surface area (Å²) in [6.45, 7) is 2.63. The molecule has 1 saturated heterocycles. The van der Waals surface area contributed by atoms with E-state index in [1.807, 2.05) is 0 Å². The maximum atomic E-state index is 13.1. The first kappa shape index (κ1) is 22.8. The molecule has 2 aromatic rings. The zero-order valence-electron chi connectivity index (χ0n) is 18.6. The summed E-state index contributed by atoms with van der Waals surface area (Å²) in [5.41, 5.74) is 0.498. The molecule has 0 bridgehead atoms. The molecule has 2 aromatic carbocycles. The van der Waals surface area contributed by atoms with Crippen molar-refractivity contribution < 1.29 is 27.4 Å². The summed E-state index contributed by atoms with van der Waals surface area (Å²) in [4.78, 5) is 24.2. The van der Waals surface area contributed by atoms with Gasteiger partial charge in [0.2, 0.25) is 0 Å². The van der Waals surface area contributed by atoms with Crippen LogP contribution in [-0.2, 0) is 6.18 Å². The van der Waals surface area contributed by atoms with Gasteiger partial charge < -0.3 is 14.4 Å². The highest BCUT2D eigenvalue weighted by Crippen LogP contribution is 2.36. The van der Waals surface area contributed by atoms with Gasteiger partial charge in [0.05, 0.1) is 31.2 Å². The number of amides is 1. The Morgan fingerprint density at radius 3 is 2.33 bits per heavy atom.